The van der Waals surface area contributed by atoms with Crippen molar-refractivity contribution in [1.82, 2.24) is 4.98 Å². The topological polar surface area (TPSA) is 42.1 Å². The molecule has 0 aliphatic rings. The molecule has 0 aromatic carbocycles. The molecular formula is C12H15NO2. The second kappa shape index (κ2) is 3.82. The maximum Gasteiger partial charge on any atom is 0.224 e. The summed E-state index contributed by atoms with van der Waals surface area (Å²) in [7, 11) is 1.48. The molecule has 0 aliphatic heterocycles. The van der Waals surface area contributed by atoms with Crippen molar-refractivity contribution in [3.8, 4) is 18.1 Å². The van der Waals surface area contributed by atoms with E-state index in [-0.39, 0.29) is 10.8 Å². The molecule has 0 saturated carbocycles. The standard InChI is InChI=1S/C12H15NO2/c1-6-8-7-9(14)10(15-5)11(13-8)12(2,3)4/h1,7H,2-5H3,(H,13,14). The van der Waals surface area contributed by atoms with Gasteiger partial charge in [0.05, 0.1) is 18.5 Å². The van der Waals surface area contributed by atoms with Crippen LogP contribution in [0, 0.1) is 12.3 Å². The molecule has 1 N–H and O–H groups in total. The van der Waals surface area contributed by atoms with Crippen LogP contribution in [0.5, 0.6) is 5.75 Å². The third-order valence-corrected chi connectivity index (χ3v) is 2.10. The summed E-state index contributed by atoms with van der Waals surface area (Å²) in [4.78, 5) is 14.7. The summed E-state index contributed by atoms with van der Waals surface area (Å²) in [6, 6.07) is 1.37. The predicted molar refractivity (Wildman–Crippen MR) is 60.2 cm³/mol. The zero-order valence-corrected chi connectivity index (χ0v) is 9.47. The number of methoxy groups -OCH3 is 1. The SMILES string of the molecule is C#Cc1cc(=O)c(OC)c(C(C)(C)C)[nH]1. The minimum atomic E-state index is -0.211. The van der Waals surface area contributed by atoms with Crippen molar-refractivity contribution in [2.75, 3.05) is 7.11 Å². The van der Waals surface area contributed by atoms with Crippen molar-refractivity contribution in [2.24, 2.45) is 0 Å². The third-order valence-electron chi connectivity index (χ3n) is 2.10. The summed E-state index contributed by atoms with van der Waals surface area (Å²) >= 11 is 0. The van der Waals surface area contributed by atoms with Crippen molar-refractivity contribution in [2.45, 2.75) is 26.2 Å². The zero-order valence-electron chi connectivity index (χ0n) is 9.47. The van der Waals surface area contributed by atoms with Crippen molar-refractivity contribution in [3.05, 3.63) is 27.7 Å². The number of aromatic amines is 1. The predicted octanol–water partition coefficient (Wildman–Crippen LogP) is 1.66. The van der Waals surface area contributed by atoms with E-state index in [0.29, 0.717) is 11.4 Å². The van der Waals surface area contributed by atoms with Crippen LogP contribution in [0.4, 0.5) is 0 Å². The Morgan fingerprint density at radius 3 is 2.47 bits per heavy atom. The number of hydrogen-bond acceptors (Lipinski definition) is 2. The Morgan fingerprint density at radius 2 is 2.07 bits per heavy atom. The first kappa shape index (κ1) is 11.4. The van der Waals surface area contributed by atoms with Crippen LogP contribution in [0.1, 0.15) is 32.2 Å². The number of aromatic nitrogens is 1. The van der Waals surface area contributed by atoms with Crippen LogP contribution in [0.15, 0.2) is 10.9 Å². The molecule has 1 heterocycles. The summed E-state index contributed by atoms with van der Waals surface area (Å²) in [5, 5.41) is 0. The van der Waals surface area contributed by atoms with Crippen LogP contribution in [-0.2, 0) is 5.41 Å². The van der Waals surface area contributed by atoms with Crippen LogP contribution in [-0.4, -0.2) is 12.1 Å². The first-order chi connectivity index (χ1) is 6.90. The average molecular weight is 205 g/mol. The molecule has 0 atom stereocenters. The van der Waals surface area contributed by atoms with Crippen molar-refractivity contribution in [1.29, 1.82) is 0 Å². The lowest BCUT2D eigenvalue weighted by molar-refractivity contribution is 0.388. The molecule has 15 heavy (non-hydrogen) atoms. The fraction of sp³-hybridized carbons (Fsp3) is 0.417. The monoisotopic (exact) mass is 205 g/mol. The van der Waals surface area contributed by atoms with Gasteiger partial charge in [-0.15, -0.1) is 6.42 Å². The number of hydrogen-bond donors (Lipinski definition) is 1. The van der Waals surface area contributed by atoms with Gasteiger partial charge in [0.25, 0.3) is 0 Å². The molecule has 1 aromatic rings. The van der Waals surface area contributed by atoms with E-state index in [4.69, 9.17) is 11.2 Å². The number of ether oxygens (including phenoxy) is 1. The van der Waals surface area contributed by atoms with Crippen LogP contribution in [0.3, 0.4) is 0 Å². The minimum Gasteiger partial charge on any atom is -0.491 e. The number of H-pyrrole nitrogens is 1. The molecule has 0 aliphatic carbocycles. The average Bonchev–Trinajstić information content (AvgIpc) is 2.15. The molecule has 0 radical (unpaired) electrons. The van der Waals surface area contributed by atoms with Crippen molar-refractivity contribution >= 4 is 0 Å². The summed E-state index contributed by atoms with van der Waals surface area (Å²) in [6.07, 6.45) is 5.26. The van der Waals surface area contributed by atoms with Crippen molar-refractivity contribution < 1.29 is 4.74 Å². The Bertz CT molecular complexity index is 458. The summed E-state index contributed by atoms with van der Waals surface area (Å²) < 4.78 is 5.09. The van der Waals surface area contributed by atoms with E-state index in [2.05, 4.69) is 10.9 Å². The van der Waals surface area contributed by atoms with Gasteiger partial charge in [0, 0.05) is 11.5 Å². The highest BCUT2D eigenvalue weighted by atomic mass is 16.5. The summed E-state index contributed by atoms with van der Waals surface area (Å²) in [5.74, 6) is 2.76. The van der Waals surface area contributed by atoms with E-state index in [1.54, 1.807) is 0 Å². The maximum absolute atomic E-state index is 11.7. The molecule has 3 heteroatoms. The van der Waals surface area contributed by atoms with Gasteiger partial charge < -0.3 is 9.72 Å². The second-order valence-electron chi connectivity index (χ2n) is 4.35. The molecule has 0 spiro atoms. The highest BCUT2D eigenvalue weighted by Crippen LogP contribution is 2.26. The highest BCUT2D eigenvalue weighted by Gasteiger charge is 2.22. The molecule has 0 amide bonds. The second-order valence-corrected chi connectivity index (χ2v) is 4.35. The molecule has 0 fully saturated rings. The minimum absolute atomic E-state index is 0.186. The normalized spacial score (nSPS) is 10.9. The highest BCUT2D eigenvalue weighted by molar-refractivity contribution is 5.38. The smallest absolute Gasteiger partial charge is 0.224 e. The summed E-state index contributed by atoms with van der Waals surface area (Å²) in [6.45, 7) is 5.96. The third kappa shape index (κ3) is 2.21. The Kier molecular flexibility index (Phi) is 2.90. The van der Waals surface area contributed by atoms with E-state index >= 15 is 0 Å². The Hall–Kier alpha value is -1.69. The number of pyridine rings is 1. The number of rotatable bonds is 1. The molecule has 0 saturated heterocycles. The van der Waals surface area contributed by atoms with Crippen LogP contribution < -0.4 is 10.2 Å². The van der Waals surface area contributed by atoms with E-state index in [9.17, 15) is 4.79 Å². The molecule has 1 rings (SSSR count). The van der Waals surface area contributed by atoms with Crippen LogP contribution in [0.2, 0.25) is 0 Å². The van der Waals surface area contributed by atoms with Gasteiger partial charge >= 0.3 is 0 Å². The van der Waals surface area contributed by atoms with Gasteiger partial charge in [-0.1, -0.05) is 26.7 Å². The first-order valence-electron chi connectivity index (χ1n) is 4.68. The van der Waals surface area contributed by atoms with Gasteiger partial charge in [-0.05, 0) is 0 Å². The van der Waals surface area contributed by atoms with Crippen LogP contribution in [0.25, 0.3) is 0 Å². The fourth-order valence-corrected chi connectivity index (χ4v) is 1.36. The zero-order chi connectivity index (χ0) is 11.6. The van der Waals surface area contributed by atoms with Gasteiger partial charge in [-0.3, -0.25) is 4.79 Å². The number of nitrogens with one attached hydrogen (secondary N) is 1. The van der Waals surface area contributed by atoms with E-state index in [1.165, 1.54) is 13.2 Å². The lowest BCUT2D eigenvalue weighted by Gasteiger charge is -2.21. The van der Waals surface area contributed by atoms with Crippen molar-refractivity contribution in [3.63, 3.8) is 0 Å². The van der Waals surface area contributed by atoms with Gasteiger partial charge in [0.1, 0.15) is 0 Å². The fourth-order valence-electron chi connectivity index (χ4n) is 1.36. The first-order valence-corrected chi connectivity index (χ1v) is 4.68. The van der Waals surface area contributed by atoms with Gasteiger partial charge in [0.2, 0.25) is 5.43 Å². The van der Waals surface area contributed by atoms with E-state index in [1.807, 2.05) is 20.8 Å². The Balaban J connectivity index is 3.55. The van der Waals surface area contributed by atoms with Gasteiger partial charge in [-0.2, -0.15) is 0 Å². The molecule has 3 nitrogen and oxygen atoms in total. The lowest BCUT2D eigenvalue weighted by atomic mass is 9.90. The van der Waals surface area contributed by atoms with Crippen LogP contribution >= 0.6 is 0 Å². The molecule has 80 valence electrons. The quantitative estimate of drug-likeness (QED) is 0.708. The molecule has 0 unspecified atom stereocenters. The summed E-state index contributed by atoms with van der Waals surface area (Å²) in [5.41, 5.74) is 0.808. The number of terminal acetylenes is 1. The molecular weight excluding hydrogens is 190 g/mol. The van der Waals surface area contributed by atoms with E-state index < -0.39 is 0 Å². The van der Waals surface area contributed by atoms with E-state index in [0.717, 1.165) is 5.69 Å². The maximum atomic E-state index is 11.7. The molecule has 0 bridgehead atoms. The Labute approximate surface area is 89.5 Å². The molecule has 1 aromatic heterocycles. The van der Waals surface area contributed by atoms with Gasteiger partial charge in [0.15, 0.2) is 5.75 Å². The largest absolute Gasteiger partial charge is 0.491 e. The lowest BCUT2D eigenvalue weighted by Crippen LogP contribution is -2.21. The van der Waals surface area contributed by atoms with Gasteiger partial charge in [-0.25, -0.2) is 0 Å². The Morgan fingerprint density at radius 1 is 1.47 bits per heavy atom.